The Labute approximate surface area is 129 Å². The van der Waals surface area contributed by atoms with Crippen molar-refractivity contribution in [3.63, 3.8) is 0 Å². The maximum absolute atomic E-state index is 11.3. The number of carbonyl (C=O) groups is 1. The van der Waals surface area contributed by atoms with Crippen molar-refractivity contribution in [3.8, 4) is 11.1 Å². The van der Waals surface area contributed by atoms with Crippen molar-refractivity contribution in [1.82, 2.24) is 4.98 Å². The lowest BCUT2D eigenvalue weighted by Crippen LogP contribution is -2.08. The van der Waals surface area contributed by atoms with Crippen molar-refractivity contribution in [1.29, 1.82) is 0 Å². The fourth-order valence-corrected chi connectivity index (χ4v) is 3.45. The molecule has 0 atom stereocenters. The maximum atomic E-state index is 11.3. The number of halogens is 2. The number of hydrogen-bond donors (Lipinski definition) is 1. The van der Waals surface area contributed by atoms with E-state index in [1.807, 2.05) is 12.1 Å². The molecule has 3 aromatic rings. The first kappa shape index (κ1) is 13.4. The second-order valence-corrected chi connectivity index (χ2v) is 6.19. The van der Waals surface area contributed by atoms with E-state index < -0.39 is 5.91 Å². The zero-order chi connectivity index (χ0) is 14.3. The molecular formula is C14H8Cl2N2OS. The summed E-state index contributed by atoms with van der Waals surface area (Å²) in [6.45, 7) is 0. The van der Waals surface area contributed by atoms with E-state index in [9.17, 15) is 4.79 Å². The third kappa shape index (κ3) is 2.38. The molecule has 100 valence electrons. The van der Waals surface area contributed by atoms with Gasteiger partial charge in [-0.3, -0.25) is 9.78 Å². The number of thiophene rings is 1. The largest absolute Gasteiger partial charge is 0.365 e. The number of hydrogen-bond acceptors (Lipinski definition) is 3. The van der Waals surface area contributed by atoms with Gasteiger partial charge in [0.15, 0.2) is 0 Å². The van der Waals surface area contributed by atoms with Gasteiger partial charge in [0.2, 0.25) is 0 Å². The summed E-state index contributed by atoms with van der Waals surface area (Å²) in [5, 5.41) is 2.02. The molecular weight excluding hydrogens is 315 g/mol. The lowest BCUT2D eigenvalue weighted by molar-refractivity contribution is 0.100. The van der Waals surface area contributed by atoms with Crippen LogP contribution in [0.5, 0.6) is 0 Å². The molecule has 0 aliphatic carbocycles. The number of benzene rings is 1. The summed E-state index contributed by atoms with van der Waals surface area (Å²) in [6.07, 6.45) is 3.43. The van der Waals surface area contributed by atoms with Crippen LogP contribution in [0.15, 0.2) is 36.7 Å². The molecule has 0 aliphatic heterocycles. The lowest BCUT2D eigenvalue weighted by atomic mass is 10.0. The molecule has 0 spiro atoms. The van der Waals surface area contributed by atoms with E-state index >= 15 is 0 Å². The van der Waals surface area contributed by atoms with Gasteiger partial charge in [-0.25, -0.2) is 0 Å². The monoisotopic (exact) mass is 322 g/mol. The van der Waals surface area contributed by atoms with Gasteiger partial charge < -0.3 is 5.73 Å². The average Bonchev–Trinajstić information content (AvgIpc) is 2.81. The summed E-state index contributed by atoms with van der Waals surface area (Å²) >= 11 is 13.4. The van der Waals surface area contributed by atoms with Crippen LogP contribution in [0.1, 0.15) is 9.67 Å². The number of nitrogens with zero attached hydrogens (tertiary/aromatic N) is 1. The molecule has 2 aromatic heterocycles. The molecule has 0 aliphatic rings. The molecule has 1 aromatic carbocycles. The molecule has 0 unspecified atom stereocenters. The third-order valence-electron chi connectivity index (χ3n) is 2.86. The smallest absolute Gasteiger partial charge is 0.258 e. The Morgan fingerprint density at radius 3 is 2.45 bits per heavy atom. The topological polar surface area (TPSA) is 56.0 Å². The Balaban J connectivity index is 2.27. The van der Waals surface area contributed by atoms with Gasteiger partial charge in [-0.05, 0) is 29.8 Å². The molecule has 0 fully saturated rings. The van der Waals surface area contributed by atoms with Gasteiger partial charge in [0.05, 0.1) is 9.58 Å². The molecule has 6 heteroatoms. The van der Waals surface area contributed by atoms with Crippen molar-refractivity contribution in [3.05, 3.63) is 51.6 Å². The van der Waals surface area contributed by atoms with E-state index in [1.54, 1.807) is 24.5 Å². The molecule has 1 amide bonds. The number of pyridine rings is 1. The normalized spacial score (nSPS) is 10.9. The summed E-state index contributed by atoms with van der Waals surface area (Å²) < 4.78 is 0.896. The average molecular weight is 323 g/mol. The summed E-state index contributed by atoms with van der Waals surface area (Å²) in [6, 6.07) is 7.06. The Kier molecular flexibility index (Phi) is 3.38. The molecule has 2 heterocycles. The number of nitrogens with two attached hydrogens (primary N) is 1. The second-order valence-electron chi connectivity index (χ2n) is 4.23. The standard InChI is InChI=1S/C14H8Cl2N2OS/c15-8-1-7(2-9(16)3-8)11-5-18-6-13-10(11)4-12(20-13)14(17)19/h1-6H,(H2,17,19). The van der Waals surface area contributed by atoms with Crippen molar-refractivity contribution < 1.29 is 4.79 Å². The first-order valence-corrected chi connectivity index (χ1v) is 7.25. The van der Waals surface area contributed by atoms with Gasteiger partial charge in [-0.15, -0.1) is 11.3 Å². The quantitative estimate of drug-likeness (QED) is 0.761. The number of carbonyl (C=O) groups excluding carboxylic acids is 1. The minimum absolute atomic E-state index is 0.443. The summed E-state index contributed by atoms with van der Waals surface area (Å²) in [7, 11) is 0. The van der Waals surface area contributed by atoms with Crippen LogP contribution < -0.4 is 5.73 Å². The number of fused-ring (bicyclic) bond motifs is 1. The predicted octanol–water partition coefficient (Wildman–Crippen LogP) is 4.37. The summed E-state index contributed by atoms with van der Waals surface area (Å²) in [4.78, 5) is 16.0. The van der Waals surface area contributed by atoms with E-state index in [0.29, 0.717) is 14.9 Å². The number of rotatable bonds is 2. The van der Waals surface area contributed by atoms with Crippen molar-refractivity contribution >= 4 is 50.5 Å². The molecule has 0 saturated heterocycles. The van der Waals surface area contributed by atoms with Gasteiger partial charge in [0.1, 0.15) is 0 Å². The highest BCUT2D eigenvalue weighted by molar-refractivity contribution is 7.20. The Morgan fingerprint density at radius 1 is 1.10 bits per heavy atom. The fourth-order valence-electron chi connectivity index (χ4n) is 2.02. The van der Waals surface area contributed by atoms with Gasteiger partial charge >= 0.3 is 0 Å². The molecule has 2 N–H and O–H groups in total. The number of primary amides is 1. The third-order valence-corrected chi connectivity index (χ3v) is 4.38. The zero-order valence-corrected chi connectivity index (χ0v) is 12.4. The minimum atomic E-state index is -0.443. The van der Waals surface area contributed by atoms with Crippen molar-refractivity contribution in [2.75, 3.05) is 0 Å². The lowest BCUT2D eigenvalue weighted by Gasteiger charge is -2.04. The van der Waals surface area contributed by atoms with Crippen LogP contribution >= 0.6 is 34.5 Å². The number of amides is 1. The molecule has 3 nitrogen and oxygen atoms in total. The van der Waals surface area contributed by atoms with Gasteiger partial charge in [-0.2, -0.15) is 0 Å². The zero-order valence-electron chi connectivity index (χ0n) is 10.1. The first-order chi connectivity index (χ1) is 9.54. The van der Waals surface area contributed by atoms with E-state index in [0.717, 1.165) is 21.2 Å². The van der Waals surface area contributed by atoms with Crippen LogP contribution in [0.3, 0.4) is 0 Å². The van der Waals surface area contributed by atoms with Crippen molar-refractivity contribution in [2.24, 2.45) is 5.73 Å². The van der Waals surface area contributed by atoms with Crippen molar-refractivity contribution in [2.45, 2.75) is 0 Å². The molecule has 3 rings (SSSR count). The van der Waals surface area contributed by atoms with Crippen LogP contribution in [0.4, 0.5) is 0 Å². The van der Waals surface area contributed by atoms with E-state index in [4.69, 9.17) is 28.9 Å². The maximum Gasteiger partial charge on any atom is 0.258 e. The van der Waals surface area contributed by atoms with E-state index in [1.165, 1.54) is 11.3 Å². The fraction of sp³-hybridized carbons (Fsp3) is 0. The Bertz CT molecular complexity index is 809. The molecule has 20 heavy (non-hydrogen) atoms. The summed E-state index contributed by atoms with van der Waals surface area (Å²) in [5.41, 5.74) is 7.05. The highest BCUT2D eigenvalue weighted by atomic mass is 35.5. The predicted molar refractivity (Wildman–Crippen MR) is 83.6 cm³/mol. The molecule has 0 saturated carbocycles. The van der Waals surface area contributed by atoms with Gasteiger partial charge in [-0.1, -0.05) is 23.2 Å². The van der Waals surface area contributed by atoms with Crippen LogP contribution in [0.25, 0.3) is 21.2 Å². The minimum Gasteiger partial charge on any atom is -0.365 e. The van der Waals surface area contributed by atoms with Crippen LogP contribution in [-0.4, -0.2) is 10.9 Å². The highest BCUT2D eigenvalue weighted by Crippen LogP contribution is 2.35. The second kappa shape index (κ2) is 5.05. The number of aromatic nitrogens is 1. The Hall–Kier alpha value is -1.62. The van der Waals surface area contributed by atoms with Crippen LogP contribution in [0.2, 0.25) is 10.0 Å². The first-order valence-electron chi connectivity index (χ1n) is 5.68. The summed E-state index contributed by atoms with van der Waals surface area (Å²) in [5.74, 6) is -0.443. The van der Waals surface area contributed by atoms with Crippen LogP contribution in [0, 0.1) is 0 Å². The molecule has 0 bridgehead atoms. The van der Waals surface area contributed by atoms with Gasteiger partial charge in [0.25, 0.3) is 5.91 Å². The molecule has 0 radical (unpaired) electrons. The van der Waals surface area contributed by atoms with Crippen LogP contribution in [-0.2, 0) is 0 Å². The highest BCUT2D eigenvalue weighted by Gasteiger charge is 2.12. The SMILES string of the molecule is NC(=O)c1cc2c(-c3cc(Cl)cc(Cl)c3)cncc2s1. The van der Waals surface area contributed by atoms with Gasteiger partial charge in [0, 0.05) is 33.4 Å². The Morgan fingerprint density at radius 2 is 1.80 bits per heavy atom. The van der Waals surface area contributed by atoms with E-state index in [-0.39, 0.29) is 0 Å². The van der Waals surface area contributed by atoms with E-state index in [2.05, 4.69) is 4.98 Å².